The van der Waals surface area contributed by atoms with Crippen LogP contribution in [0.1, 0.15) is 57.4 Å². The summed E-state index contributed by atoms with van der Waals surface area (Å²) in [5.74, 6) is 0.521. The normalized spacial score (nSPS) is 16.9. The molecular formula is C22H30N4O. The summed E-state index contributed by atoms with van der Waals surface area (Å²) in [4.78, 5) is 14.3. The molecule has 1 fully saturated rings. The first-order valence-electron chi connectivity index (χ1n) is 10.1. The number of anilines is 1. The van der Waals surface area contributed by atoms with E-state index in [4.69, 9.17) is 5.26 Å². The standard InChI is InChI=1S/C22H30N4O/c1-4-6-17(7-5-2)20-15-25(3)21-9-8-18(12-19(20)21)24-22(27)26-11-10-16(13-23)14-26/h8-9,12,15-17H,4-7,10-11,14H2,1-3H3,(H,24,27). The molecule has 0 spiro atoms. The second kappa shape index (κ2) is 8.47. The minimum atomic E-state index is -0.108. The molecule has 0 aliphatic carbocycles. The van der Waals surface area contributed by atoms with E-state index in [1.807, 2.05) is 6.07 Å². The average molecular weight is 367 g/mol. The first-order valence-corrected chi connectivity index (χ1v) is 10.1. The van der Waals surface area contributed by atoms with Crippen LogP contribution in [0.25, 0.3) is 10.9 Å². The highest BCUT2D eigenvalue weighted by molar-refractivity contribution is 5.94. The summed E-state index contributed by atoms with van der Waals surface area (Å²) >= 11 is 0. The maximum Gasteiger partial charge on any atom is 0.321 e. The summed E-state index contributed by atoms with van der Waals surface area (Å²) < 4.78 is 2.19. The molecule has 0 saturated carbocycles. The first kappa shape index (κ1) is 19.3. The zero-order chi connectivity index (χ0) is 19.4. The maximum absolute atomic E-state index is 12.5. The van der Waals surface area contributed by atoms with Gasteiger partial charge in [-0.25, -0.2) is 4.79 Å². The molecule has 1 aliphatic heterocycles. The molecule has 1 saturated heterocycles. The van der Waals surface area contributed by atoms with Gasteiger partial charge in [0.05, 0.1) is 12.0 Å². The van der Waals surface area contributed by atoms with E-state index in [2.05, 4.69) is 55.2 Å². The van der Waals surface area contributed by atoms with E-state index < -0.39 is 0 Å². The lowest BCUT2D eigenvalue weighted by atomic mass is 9.90. The van der Waals surface area contributed by atoms with Crippen LogP contribution in [-0.4, -0.2) is 28.6 Å². The summed E-state index contributed by atoms with van der Waals surface area (Å²) in [7, 11) is 2.09. The molecule has 2 aromatic rings. The van der Waals surface area contributed by atoms with Crippen molar-refractivity contribution in [2.75, 3.05) is 18.4 Å². The molecule has 1 atom stereocenters. The lowest BCUT2D eigenvalue weighted by Crippen LogP contribution is -2.32. The highest BCUT2D eigenvalue weighted by Crippen LogP contribution is 2.34. The van der Waals surface area contributed by atoms with Gasteiger partial charge < -0.3 is 14.8 Å². The number of hydrogen-bond acceptors (Lipinski definition) is 2. The summed E-state index contributed by atoms with van der Waals surface area (Å²) in [6, 6.07) is 8.32. The second-order valence-electron chi connectivity index (χ2n) is 7.69. The monoisotopic (exact) mass is 366 g/mol. The topological polar surface area (TPSA) is 61.1 Å². The van der Waals surface area contributed by atoms with Crippen LogP contribution in [0.2, 0.25) is 0 Å². The molecule has 27 heavy (non-hydrogen) atoms. The van der Waals surface area contributed by atoms with E-state index in [9.17, 15) is 4.79 Å². The van der Waals surface area contributed by atoms with E-state index in [-0.39, 0.29) is 11.9 Å². The Bertz CT molecular complexity index is 842. The summed E-state index contributed by atoms with van der Waals surface area (Å²) in [5, 5.41) is 13.3. The number of aromatic nitrogens is 1. The van der Waals surface area contributed by atoms with Crippen molar-refractivity contribution in [1.82, 2.24) is 9.47 Å². The van der Waals surface area contributed by atoms with Crippen LogP contribution in [0.4, 0.5) is 10.5 Å². The van der Waals surface area contributed by atoms with Crippen molar-refractivity contribution < 1.29 is 4.79 Å². The third-order valence-corrected chi connectivity index (χ3v) is 5.64. The Kier molecular flexibility index (Phi) is 6.05. The fourth-order valence-electron chi connectivity index (χ4n) is 4.23. The van der Waals surface area contributed by atoms with Gasteiger partial charge >= 0.3 is 6.03 Å². The van der Waals surface area contributed by atoms with Crippen LogP contribution in [0.15, 0.2) is 24.4 Å². The zero-order valence-electron chi connectivity index (χ0n) is 16.7. The van der Waals surface area contributed by atoms with Crippen LogP contribution in [0.5, 0.6) is 0 Å². The number of hydrogen-bond donors (Lipinski definition) is 1. The molecule has 1 N–H and O–H groups in total. The number of nitriles is 1. The number of benzene rings is 1. The maximum atomic E-state index is 12.5. The van der Waals surface area contributed by atoms with Gasteiger partial charge in [-0.15, -0.1) is 0 Å². The van der Waals surface area contributed by atoms with Gasteiger partial charge in [0.1, 0.15) is 0 Å². The Morgan fingerprint density at radius 2 is 2.07 bits per heavy atom. The summed E-state index contributed by atoms with van der Waals surface area (Å²) in [6.45, 7) is 5.65. The van der Waals surface area contributed by atoms with Crippen molar-refractivity contribution in [3.05, 3.63) is 30.0 Å². The van der Waals surface area contributed by atoms with Gasteiger partial charge in [0.25, 0.3) is 0 Å². The van der Waals surface area contributed by atoms with Gasteiger partial charge in [-0.1, -0.05) is 26.7 Å². The predicted molar refractivity (Wildman–Crippen MR) is 110 cm³/mol. The van der Waals surface area contributed by atoms with E-state index in [0.717, 1.165) is 12.1 Å². The lowest BCUT2D eigenvalue weighted by Gasteiger charge is -2.17. The van der Waals surface area contributed by atoms with Crippen molar-refractivity contribution >= 4 is 22.6 Å². The second-order valence-corrected chi connectivity index (χ2v) is 7.69. The first-order chi connectivity index (χ1) is 13.1. The van der Waals surface area contributed by atoms with Crippen molar-refractivity contribution in [3.63, 3.8) is 0 Å². The molecule has 1 aliphatic rings. The van der Waals surface area contributed by atoms with Gasteiger partial charge in [-0.3, -0.25) is 0 Å². The molecule has 5 heteroatoms. The minimum absolute atomic E-state index is 0.0391. The fraction of sp³-hybridized carbons (Fsp3) is 0.545. The molecule has 1 unspecified atom stereocenters. The number of likely N-dealkylation sites (tertiary alicyclic amines) is 1. The Hall–Kier alpha value is -2.48. The van der Waals surface area contributed by atoms with Gasteiger partial charge in [0, 0.05) is 42.9 Å². The Morgan fingerprint density at radius 3 is 2.70 bits per heavy atom. The number of carbonyl (C=O) groups excluding carboxylic acids is 1. The lowest BCUT2D eigenvalue weighted by molar-refractivity contribution is 0.222. The predicted octanol–water partition coefficient (Wildman–Crippen LogP) is 5.24. The number of urea groups is 1. The number of amides is 2. The number of nitrogens with one attached hydrogen (secondary N) is 1. The Balaban J connectivity index is 1.84. The summed E-state index contributed by atoms with van der Waals surface area (Å²) in [5.41, 5.74) is 3.41. The SMILES string of the molecule is CCCC(CCC)c1cn(C)c2ccc(NC(=O)N3CCC(C#N)C3)cc12. The fourth-order valence-corrected chi connectivity index (χ4v) is 4.23. The van der Waals surface area contributed by atoms with Crippen LogP contribution in [-0.2, 0) is 7.05 Å². The molecule has 1 aromatic carbocycles. The van der Waals surface area contributed by atoms with Crippen molar-refractivity contribution in [3.8, 4) is 6.07 Å². The number of rotatable bonds is 6. The van der Waals surface area contributed by atoms with Crippen LogP contribution >= 0.6 is 0 Å². The largest absolute Gasteiger partial charge is 0.350 e. The van der Waals surface area contributed by atoms with Gasteiger partial charge in [0.2, 0.25) is 0 Å². The smallest absolute Gasteiger partial charge is 0.321 e. The van der Waals surface area contributed by atoms with Crippen LogP contribution in [0, 0.1) is 17.2 Å². The zero-order valence-corrected chi connectivity index (χ0v) is 16.7. The molecule has 0 bridgehead atoms. The van der Waals surface area contributed by atoms with E-state index in [1.54, 1.807) is 4.90 Å². The van der Waals surface area contributed by atoms with E-state index in [1.165, 1.54) is 42.1 Å². The third kappa shape index (κ3) is 4.10. The Labute approximate surface area is 161 Å². The highest BCUT2D eigenvalue weighted by Gasteiger charge is 2.26. The highest BCUT2D eigenvalue weighted by atomic mass is 16.2. The van der Waals surface area contributed by atoms with Gasteiger partial charge in [-0.05, 0) is 48.9 Å². The molecule has 5 nitrogen and oxygen atoms in total. The molecular weight excluding hydrogens is 336 g/mol. The van der Waals surface area contributed by atoms with Crippen molar-refractivity contribution in [1.29, 1.82) is 5.26 Å². The third-order valence-electron chi connectivity index (χ3n) is 5.64. The van der Waals surface area contributed by atoms with E-state index >= 15 is 0 Å². The number of nitrogens with zero attached hydrogens (tertiary/aromatic N) is 3. The van der Waals surface area contributed by atoms with E-state index in [0.29, 0.717) is 19.0 Å². The Morgan fingerprint density at radius 1 is 1.33 bits per heavy atom. The quantitative estimate of drug-likeness (QED) is 0.760. The number of aryl methyl sites for hydroxylation is 1. The molecule has 144 valence electrons. The van der Waals surface area contributed by atoms with Crippen LogP contribution < -0.4 is 5.32 Å². The molecule has 2 amide bonds. The molecule has 3 rings (SSSR count). The number of carbonyl (C=O) groups is 1. The molecule has 1 aromatic heterocycles. The van der Waals surface area contributed by atoms with Gasteiger partial charge in [0.15, 0.2) is 0 Å². The van der Waals surface area contributed by atoms with Crippen LogP contribution in [0.3, 0.4) is 0 Å². The van der Waals surface area contributed by atoms with Crippen molar-refractivity contribution in [2.24, 2.45) is 13.0 Å². The average Bonchev–Trinajstić information content (AvgIpc) is 3.26. The molecule has 0 radical (unpaired) electrons. The number of fused-ring (bicyclic) bond motifs is 1. The minimum Gasteiger partial charge on any atom is -0.350 e. The van der Waals surface area contributed by atoms with Gasteiger partial charge in [-0.2, -0.15) is 5.26 Å². The molecule has 2 heterocycles. The van der Waals surface area contributed by atoms with Crippen molar-refractivity contribution in [2.45, 2.75) is 51.9 Å². The summed E-state index contributed by atoms with van der Waals surface area (Å²) in [6.07, 6.45) is 7.74.